The average Bonchev–Trinajstić information content (AvgIpc) is 2.84. The summed E-state index contributed by atoms with van der Waals surface area (Å²) in [5.41, 5.74) is 2.98. The maximum atomic E-state index is 8.75. The molecule has 1 N–H and O–H groups in total. The Morgan fingerprint density at radius 1 is 1.32 bits per heavy atom. The molecule has 0 saturated heterocycles. The van der Waals surface area contributed by atoms with Crippen molar-refractivity contribution in [3.63, 3.8) is 0 Å². The zero-order valence-corrected chi connectivity index (χ0v) is 12.9. The van der Waals surface area contributed by atoms with Crippen molar-refractivity contribution in [1.29, 1.82) is 5.26 Å². The van der Waals surface area contributed by atoms with Gasteiger partial charge in [-0.1, -0.05) is 17.7 Å². The summed E-state index contributed by atoms with van der Waals surface area (Å²) in [7, 11) is 2.03. The normalized spacial score (nSPS) is 10.6. The minimum atomic E-state index is 0.566. The van der Waals surface area contributed by atoms with Gasteiger partial charge < -0.3 is 9.88 Å². The molecular formula is C17H15ClN4. The van der Waals surface area contributed by atoms with Gasteiger partial charge in [0, 0.05) is 41.9 Å². The lowest BCUT2D eigenvalue weighted by atomic mass is 10.1. The van der Waals surface area contributed by atoms with E-state index in [1.807, 2.05) is 25.2 Å². The lowest BCUT2D eigenvalue weighted by Crippen LogP contribution is -2.06. The fourth-order valence-corrected chi connectivity index (χ4v) is 2.70. The van der Waals surface area contributed by atoms with Gasteiger partial charge in [-0.05, 0) is 36.2 Å². The van der Waals surface area contributed by atoms with Crippen LogP contribution >= 0.6 is 11.6 Å². The molecule has 0 saturated carbocycles. The number of fused-ring (bicyclic) bond motifs is 1. The maximum absolute atomic E-state index is 8.75. The van der Waals surface area contributed by atoms with Crippen LogP contribution in [0.15, 0.2) is 42.7 Å². The molecule has 1 aromatic carbocycles. The molecule has 5 heteroatoms. The molecule has 2 heterocycles. The smallest absolute Gasteiger partial charge is 0.125 e. The number of nitrogens with zero attached hydrogens (tertiary/aromatic N) is 3. The fraction of sp³-hybridized carbons (Fsp3) is 0.176. The molecule has 3 aromatic rings. The highest BCUT2D eigenvalue weighted by Gasteiger charge is 2.07. The molecule has 0 radical (unpaired) electrons. The highest BCUT2D eigenvalue weighted by molar-refractivity contribution is 6.31. The highest BCUT2D eigenvalue weighted by Crippen LogP contribution is 2.24. The van der Waals surface area contributed by atoms with Crippen molar-refractivity contribution in [3.05, 3.63) is 58.9 Å². The molecule has 4 nitrogen and oxygen atoms in total. The van der Waals surface area contributed by atoms with E-state index in [0.29, 0.717) is 5.56 Å². The summed E-state index contributed by atoms with van der Waals surface area (Å²) in [6.45, 7) is 0.778. The number of hydrogen-bond acceptors (Lipinski definition) is 3. The Balaban J connectivity index is 1.70. The lowest BCUT2D eigenvalue weighted by molar-refractivity contribution is 0.941. The van der Waals surface area contributed by atoms with Crippen LogP contribution in [0.2, 0.25) is 5.02 Å². The van der Waals surface area contributed by atoms with Crippen LogP contribution < -0.4 is 5.32 Å². The predicted octanol–water partition coefficient (Wildman–Crippen LogP) is 3.75. The van der Waals surface area contributed by atoms with Crippen LogP contribution in [0.1, 0.15) is 11.1 Å². The van der Waals surface area contributed by atoms with Gasteiger partial charge in [0.15, 0.2) is 0 Å². The molecule has 110 valence electrons. The van der Waals surface area contributed by atoms with E-state index in [9.17, 15) is 0 Å². The second-order valence-corrected chi connectivity index (χ2v) is 5.58. The summed E-state index contributed by atoms with van der Waals surface area (Å²) in [4.78, 5) is 4.20. The van der Waals surface area contributed by atoms with Crippen molar-refractivity contribution in [1.82, 2.24) is 9.55 Å². The number of aryl methyl sites for hydroxylation is 1. The quantitative estimate of drug-likeness (QED) is 0.798. The zero-order chi connectivity index (χ0) is 15.5. The molecule has 2 aromatic heterocycles. The molecule has 0 aliphatic heterocycles. The third-order valence-electron chi connectivity index (χ3n) is 3.63. The third-order valence-corrected chi connectivity index (χ3v) is 3.86. The Morgan fingerprint density at radius 3 is 2.91 bits per heavy atom. The van der Waals surface area contributed by atoms with Crippen molar-refractivity contribution in [3.8, 4) is 6.07 Å². The SMILES string of the molecule is Cn1cc(CCNc2ccc(C#N)cn2)c2ccc(Cl)cc21. The standard InChI is InChI=1S/C17H15ClN4/c1-22-11-13(15-4-3-14(18)8-16(15)22)6-7-20-17-5-2-12(9-19)10-21-17/h2-5,8,10-11H,6-7H2,1H3,(H,20,21). The molecule has 0 fully saturated rings. The number of hydrogen-bond donors (Lipinski definition) is 1. The van der Waals surface area contributed by atoms with Crippen LogP contribution in [-0.2, 0) is 13.5 Å². The van der Waals surface area contributed by atoms with E-state index < -0.39 is 0 Å². The first-order chi connectivity index (χ1) is 10.7. The van der Waals surface area contributed by atoms with E-state index in [-0.39, 0.29) is 0 Å². The molecule has 0 aliphatic rings. The number of nitrogens with one attached hydrogen (secondary N) is 1. The van der Waals surface area contributed by atoms with Gasteiger partial charge in [0.1, 0.15) is 11.9 Å². The summed E-state index contributed by atoms with van der Waals surface area (Å²) < 4.78 is 2.09. The van der Waals surface area contributed by atoms with Gasteiger partial charge in [-0.2, -0.15) is 5.26 Å². The summed E-state index contributed by atoms with van der Waals surface area (Å²) in [5, 5.41) is 14.0. The molecule has 3 rings (SSSR count). The number of anilines is 1. The Bertz CT molecular complexity index is 843. The number of pyridine rings is 1. The van der Waals surface area contributed by atoms with Gasteiger partial charge in [-0.15, -0.1) is 0 Å². The first-order valence-electron chi connectivity index (χ1n) is 7.01. The molecule has 22 heavy (non-hydrogen) atoms. The topological polar surface area (TPSA) is 53.6 Å². The first-order valence-corrected chi connectivity index (χ1v) is 7.38. The van der Waals surface area contributed by atoms with Crippen molar-refractivity contribution in [2.75, 3.05) is 11.9 Å². The van der Waals surface area contributed by atoms with E-state index in [1.165, 1.54) is 10.9 Å². The molecular weight excluding hydrogens is 296 g/mol. The fourth-order valence-electron chi connectivity index (χ4n) is 2.53. The van der Waals surface area contributed by atoms with E-state index in [1.54, 1.807) is 12.3 Å². The van der Waals surface area contributed by atoms with Crippen molar-refractivity contribution >= 4 is 28.3 Å². The molecule has 0 bridgehead atoms. The number of benzene rings is 1. The average molecular weight is 311 g/mol. The molecule has 0 atom stereocenters. The van der Waals surface area contributed by atoms with E-state index in [2.05, 4.69) is 33.2 Å². The van der Waals surface area contributed by atoms with E-state index in [4.69, 9.17) is 16.9 Å². The van der Waals surface area contributed by atoms with Crippen LogP contribution in [0, 0.1) is 11.3 Å². The van der Waals surface area contributed by atoms with Crippen LogP contribution in [0.3, 0.4) is 0 Å². The summed E-state index contributed by atoms with van der Waals surface area (Å²) in [6.07, 6.45) is 4.60. The van der Waals surface area contributed by atoms with Gasteiger partial charge >= 0.3 is 0 Å². The van der Waals surface area contributed by atoms with Gasteiger partial charge in [0.05, 0.1) is 5.56 Å². The summed E-state index contributed by atoms with van der Waals surface area (Å²) in [5.74, 6) is 0.780. The van der Waals surface area contributed by atoms with Gasteiger partial charge in [-0.25, -0.2) is 4.98 Å². The largest absolute Gasteiger partial charge is 0.370 e. The van der Waals surface area contributed by atoms with Crippen LogP contribution in [-0.4, -0.2) is 16.1 Å². The minimum Gasteiger partial charge on any atom is -0.370 e. The van der Waals surface area contributed by atoms with Gasteiger partial charge in [0.2, 0.25) is 0 Å². The minimum absolute atomic E-state index is 0.566. The Labute approximate surface area is 134 Å². The Hall–Kier alpha value is -2.51. The Kier molecular flexibility index (Phi) is 3.99. The molecule has 0 spiro atoms. The van der Waals surface area contributed by atoms with E-state index >= 15 is 0 Å². The van der Waals surface area contributed by atoms with Crippen LogP contribution in [0.25, 0.3) is 10.9 Å². The van der Waals surface area contributed by atoms with Gasteiger partial charge in [0.25, 0.3) is 0 Å². The van der Waals surface area contributed by atoms with Gasteiger partial charge in [-0.3, -0.25) is 0 Å². The molecule has 0 aliphatic carbocycles. The third kappa shape index (κ3) is 2.90. The number of rotatable bonds is 4. The van der Waals surface area contributed by atoms with Crippen LogP contribution in [0.4, 0.5) is 5.82 Å². The molecule has 0 amide bonds. The summed E-state index contributed by atoms with van der Waals surface area (Å²) >= 11 is 6.05. The number of halogens is 1. The lowest BCUT2D eigenvalue weighted by Gasteiger charge is -2.04. The monoisotopic (exact) mass is 310 g/mol. The molecule has 0 unspecified atom stereocenters. The number of aromatic nitrogens is 2. The van der Waals surface area contributed by atoms with E-state index in [0.717, 1.165) is 29.3 Å². The second kappa shape index (κ2) is 6.08. The highest BCUT2D eigenvalue weighted by atomic mass is 35.5. The van der Waals surface area contributed by atoms with Crippen molar-refractivity contribution < 1.29 is 0 Å². The Morgan fingerprint density at radius 2 is 2.18 bits per heavy atom. The number of nitriles is 1. The second-order valence-electron chi connectivity index (χ2n) is 5.15. The van der Waals surface area contributed by atoms with Crippen molar-refractivity contribution in [2.24, 2.45) is 7.05 Å². The summed E-state index contributed by atoms with van der Waals surface area (Å²) in [6, 6.07) is 11.6. The van der Waals surface area contributed by atoms with Crippen molar-refractivity contribution in [2.45, 2.75) is 6.42 Å². The first kappa shape index (κ1) is 14.4. The zero-order valence-electron chi connectivity index (χ0n) is 12.2. The van der Waals surface area contributed by atoms with Crippen LogP contribution in [0.5, 0.6) is 0 Å². The maximum Gasteiger partial charge on any atom is 0.125 e. The predicted molar refractivity (Wildman–Crippen MR) is 89.1 cm³/mol.